The second-order valence-electron chi connectivity index (χ2n) is 4.87. The molecule has 1 aliphatic rings. The van der Waals surface area contributed by atoms with E-state index in [1.54, 1.807) is 6.07 Å². The predicted molar refractivity (Wildman–Crippen MR) is 72.8 cm³/mol. The molecule has 0 spiro atoms. The van der Waals surface area contributed by atoms with E-state index in [1.165, 1.54) is 10.9 Å². The van der Waals surface area contributed by atoms with Crippen LogP contribution in [-0.4, -0.2) is 19.7 Å². The number of nitrogens with one attached hydrogen (secondary N) is 2. The first kappa shape index (κ1) is 12.6. The number of rotatable bonds is 3. The fraction of sp³-hybridized carbons (Fsp3) is 0.385. The Morgan fingerprint density at radius 3 is 2.70 bits per heavy atom. The highest BCUT2D eigenvalue weighted by atomic mass is 16.2. The van der Waals surface area contributed by atoms with Crippen LogP contribution in [0.3, 0.4) is 0 Å². The maximum absolute atomic E-state index is 12.2. The Labute approximate surface area is 113 Å². The van der Waals surface area contributed by atoms with Crippen LogP contribution in [0.4, 0.5) is 0 Å². The molecule has 2 N–H and O–H groups in total. The third kappa shape index (κ3) is 2.11. The summed E-state index contributed by atoms with van der Waals surface area (Å²) in [7, 11) is 0. The van der Waals surface area contributed by atoms with Crippen LogP contribution in [0.2, 0.25) is 0 Å². The standard InChI is InChI=1S/C13H14N4O3/c1-2-17-12(19)8(7-3-4-7)5-10(16-17)9-6-14-13(20)15-11(9)18/h5-7H,2-4H2,1H3,(H2,14,15,18,20). The molecule has 0 radical (unpaired) electrons. The van der Waals surface area contributed by atoms with Crippen LogP contribution in [0.1, 0.15) is 31.2 Å². The number of hydrogen-bond donors (Lipinski definition) is 2. The van der Waals surface area contributed by atoms with Crippen molar-refractivity contribution in [3.63, 3.8) is 0 Å². The van der Waals surface area contributed by atoms with Crippen molar-refractivity contribution in [1.82, 2.24) is 19.7 Å². The minimum absolute atomic E-state index is 0.0976. The van der Waals surface area contributed by atoms with Gasteiger partial charge in [0.2, 0.25) is 0 Å². The Kier molecular flexibility index (Phi) is 2.89. The number of aromatic nitrogens is 4. The van der Waals surface area contributed by atoms with Crippen LogP contribution in [0, 0.1) is 0 Å². The molecule has 0 aliphatic heterocycles. The van der Waals surface area contributed by atoms with Crippen LogP contribution in [0.25, 0.3) is 11.3 Å². The molecule has 0 unspecified atom stereocenters. The maximum Gasteiger partial charge on any atom is 0.325 e. The molecular formula is C13H14N4O3. The Morgan fingerprint density at radius 1 is 1.35 bits per heavy atom. The van der Waals surface area contributed by atoms with Gasteiger partial charge in [-0.15, -0.1) is 0 Å². The first-order chi connectivity index (χ1) is 9.60. The van der Waals surface area contributed by atoms with Gasteiger partial charge in [0.15, 0.2) is 0 Å². The van der Waals surface area contributed by atoms with Gasteiger partial charge in [-0.3, -0.25) is 14.6 Å². The van der Waals surface area contributed by atoms with Gasteiger partial charge in [0.05, 0.1) is 11.3 Å². The van der Waals surface area contributed by atoms with Crippen LogP contribution >= 0.6 is 0 Å². The molecule has 2 heterocycles. The number of hydrogen-bond acceptors (Lipinski definition) is 4. The first-order valence-electron chi connectivity index (χ1n) is 6.54. The lowest BCUT2D eigenvalue weighted by Crippen LogP contribution is -2.28. The summed E-state index contributed by atoms with van der Waals surface area (Å²) in [5, 5.41) is 4.18. The number of H-pyrrole nitrogens is 2. The van der Waals surface area contributed by atoms with Gasteiger partial charge < -0.3 is 4.98 Å². The number of nitrogens with zero attached hydrogens (tertiary/aromatic N) is 2. The van der Waals surface area contributed by atoms with E-state index in [-0.39, 0.29) is 17.0 Å². The Morgan fingerprint density at radius 2 is 2.10 bits per heavy atom. The Hall–Kier alpha value is -2.44. The molecule has 1 fully saturated rings. The predicted octanol–water partition coefficient (Wildman–Crippen LogP) is 0.184. The molecule has 3 rings (SSSR count). The zero-order valence-electron chi connectivity index (χ0n) is 11.0. The van der Waals surface area contributed by atoms with Gasteiger partial charge in [-0.1, -0.05) is 0 Å². The van der Waals surface area contributed by atoms with E-state index in [9.17, 15) is 14.4 Å². The summed E-state index contributed by atoms with van der Waals surface area (Å²) < 4.78 is 1.35. The highest BCUT2D eigenvalue weighted by Gasteiger charge is 2.28. The molecule has 1 aliphatic carbocycles. The minimum Gasteiger partial charge on any atom is -0.313 e. The minimum atomic E-state index is -0.565. The van der Waals surface area contributed by atoms with E-state index >= 15 is 0 Å². The largest absolute Gasteiger partial charge is 0.325 e. The third-order valence-corrected chi connectivity index (χ3v) is 3.41. The molecule has 2 aromatic rings. The zero-order chi connectivity index (χ0) is 14.3. The summed E-state index contributed by atoms with van der Waals surface area (Å²) in [6.45, 7) is 2.26. The van der Waals surface area contributed by atoms with Crippen molar-refractivity contribution in [3.05, 3.63) is 49.0 Å². The normalized spacial score (nSPS) is 14.4. The van der Waals surface area contributed by atoms with Crippen LogP contribution in [0.15, 0.2) is 26.6 Å². The Balaban J connectivity index is 2.23. The molecule has 1 saturated carbocycles. The molecule has 2 aromatic heterocycles. The number of aryl methyl sites for hydroxylation is 1. The van der Waals surface area contributed by atoms with Crippen molar-refractivity contribution in [2.45, 2.75) is 32.2 Å². The van der Waals surface area contributed by atoms with E-state index in [0.29, 0.717) is 17.8 Å². The monoisotopic (exact) mass is 274 g/mol. The third-order valence-electron chi connectivity index (χ3n) is 3.41. The average Bonchev–Trinajstić information content (AvgIpc) is 3.24. The molecule has 0 aromatic carbocycles. The second-order valence-corrected chi connectivity index (χ2v) is 4.87. The van der Waals surface area contributed by atoms with Crippen LogP contribution in [-0.2, 0) is 6.54 Å². The first-order valence-corrected chi connectivity index (χ1v) is 6.54. The van der Waals surface area contributed by atoms with Gasteiger partial charge in [0, 0.05) is 18.3 Å². The summed E-state index contributed by atoms with van der Waals surface area (Å²) in [6, 6.07) is 1.66. The molecule has 104 valence electrons. The zero-order valence-corrected chi connectivity index (χ0v) is 11.0. The van der Waals surface area contributed by atoms with Crippen molar-refractivity contribution in [2.24, 2.45) is 0 Å². The Bertz CT molecular complexity index is 826. The fourth-order valence-electron chi connectivity index (χ4n) is 2.20. The number of aromatic amines is 2. The lowest BCUT2D eigenvalue weighted by molar-refractivity contribution is 0.610. The van der Waals surface area contributed by atoms with E-state index < -0.39 is 11.2 Å². The van der Waals surface area contributed by atoms with E-state index in [2.05, 4.69) is 15.1 Å². The molecule has 7 heteroatoms. The van der Waals surface area contributed by atoms with Gasteiger partial charge >= 0.3 is 5.69 Å². The molecule has 0 amide bonds. The summed E-state index contributed by atoms with van der Waals surface area (Å²) in [6.07, 6.45) is 3.30. The summed E-state index contributed by atoms with van der Waals surface area (Å²) in [4.78, 5) is 39.6. The summed E-state index contributed by atoms with van der Waals surface area (Å²) in [5.41, 5.74) is 0.191. The smallest absolute Gasteiger partial charge is 0.313 e. The van der Waals surface area contributed by atoms with Gasteiger partial charge in [0.25, 0.3) is 11.1 Å². The van der Waals surface area contributed by atoms with Gasteiger partial charge in [-0.2, -0.15) is 5.10 Å². The average molecular weight is 274 g/mol. The highest BCUT2D eigenvalue weighted by molar-refractivity contribution is 5.56. The lowest BCUT2D eigenvalue weighted by Gasteiger charge is -2.08. The van der Waals surface area contributed by atoms with Gasteiger partial charge in [-0.25, -0.2) is 9.48 Å². The molecule has 0 bridgehead atoms. The van der Waals surface area contributed by atoms with Crippen molar-refractivity contribution in [1.29, 1.82) is 0 Å². The van der Waals surface area contributed by atoms with Crippen molar-refractivity contribution < 1.29 is 0 Å². The fourth-order valence-corrected chi connectivity index (χ4v) is 2.20. The highest BCUT2D eigenvalue weighted by Crippen LogP contribution is 2.38. The maximum atomic E-state index is 12.2. The van der Waals surface area contributed by atoms with E-state index in [4.69, 9.17) is 0 Å². The topological polar surface area (TPSA) is 101 Å². The molecular weight excluding hydrogens is 260 g/mol. The van der Waals surface area contributed by atoms with Gasteiger partial charge in [-0.05, 0) is 31.7 Å². The van der Waals surface area contributed by atoms with Crippen LogP contribution in [0.5, 0.6) is 0 Å². The molecule has 20 heavy (non-hydrogen) atoms. The molecule has 0 saturated heterocycles. The lowest BCUT2D eigenvalue weighted by atomic mass is 10.1. The molecule has 7 nitrogen and oxygen atoms in total. The van der Waals surface area contributed by atoms with Crippen molar-refractivity contribution in [2.75, 3.05) is 0 Å². The van der Waals surface area contributed by atoms with Crippen LogP contribution < -0.4 is 16.8 Å². The van der Waals surface area contributed by atoms with E-state index in [0.717, 1.165) is 12.8 Å². The summed E-state index contributed by atoms with van der Waals surface area (Å²) >= 11 is 0. The summed E-state index contributed by atoms with van der Waals surface area (Å²) in [5.74, 6) is 0.267. The van der Waals surface area contributed by atoms with Crippen molar-refractivity contribution in [3.8, 4) is 11.3 Å². The van der Waals surface area contributed by atoms with Gasteiger partial charge in [0.1, 0.15) is 0 Å². The SMILES string of the molecule is CCn1nc(-c2c[nH]c(=O)[nH]c2=O)cc(C2CC2)c1=O. The van der Waals surface area contributed by atoms with Crippen molar-refractivity contribution >= 4 is 0 Å². The second kappa shape index (κ2) is 4.59. The quantitative estimate of drug-likeness (QED) is 0.834. The van der Waals surface area contributed by atoms with E-state index in [1.807, 2.05) is 6.92 Å². The molecule has 0 atom stereocenters.